The van der Waals surface area contributed by atoms with Crippen molar-refractivity contribution in [3.05, 3.63) is 83.7 Å². The molecule has 3 saturated heterocycles. The van der Waals surface area contributed by atoms with Gasteiger partial charge in [0.05, 0.1) is 62.7 Å². The number of urea groups is 1. The van der Waals surface area contributed by atoms with Gasteiger partial charge in [-0.15, -0.1) is 0 Å². The van der Waals surface area contributed by atoms with Crippen LogP contribution in [0.1, 0.15) is 68.5 Å². The van der Waals surface area contributed by atoms with Crippen LogP contribution in [0, 0.1) is 18.7 Å². The van der Waals surface area contributed by atoms with Gasteiger partial charge in [-0.05, 0) is 74.1 Å². The average Bonchev–Trinajstić information content (AvgIpc) is 3.97. The van der Waals surface area contributed by atoms with Crippen molar-refractivity contribution in [3.8, 4) is 11.1 Å². The van der Waals surface area contributed by atoms with E-state index in [2.05, 4.69) is 21.3 Å². The molecule has 0 unspecified atom stereocenters. The molecule has 4 aliphatic rings. The number of nitrogens with zero attached hydrogens (tertiary/aromatic N) is 1. The number of carbonyl (C=O) groups excluding carboxylic acids is 3. The summed E-state index contributed by atoms with van der Waals surface area (Å²) in [6.07, 6.45) is 4.98. The number of rotatable bonds is 23. The van der Waals surface area contributed by atoms with E-state index in [4.69, 9.17) is 14.2 Å². The first kappa shape index (κ1) is 45.0. The number of ketones is 1. The van der Waals surface area contributed by atoms with Crippen LogP contribution in [0.3, 0.4) is 0 Å². The average molecular weight is 880 g/mol. The number of halogens is 1. The summed E-state index contributed by atoms with van der Waals surface area (Å²) in [5.41, 5.74) is 3.70. The van der Waals surface area contributed by atoms with Crippen LogP contribution in [-0.4, -0.2) is 112 Å². The lowest BCUT2D eigenvalue weighted by Gasteiger charge is -2.40. The molecule has 0 bridgehead atoms. The Balaban J connectivity index is 0.775. The number of ether oxygens (including phenoxy) is 3. The van der Waals surface area contributed by atoms with Gasteiger partial charge in [-0.2, -0.15) is 16.1 Å². The Morgan fingerprint density at radius 2 is 1.62 bits per heavy atom. The minimum atomic E-state index is -3.84. The Morgan fingerprint density at radius 3 is 2.41 bits per heavy atom. The molecule has 0 aromatic heterocycles. The lowest BCUT2D eigenvalue weighted by Crippen LogP contribution is -2.41. The molecule has 0 spiro atoms. The van der Waals surface area contributed by atoms with Gasteiger partial charge in [0.2, 0.25) is 15.9 Å². The van der Waals surface area contributed by atoms with E-state index >= 15 is 0 Å². The van der Waals surface area contributed by atoms with E-state index in [1.54, 1.807) is 46.8 Å². The third-order valence-electron chi connectivity index (χ3n) is 12.1. The first-order valence-electron chi connectivity index (χ1n) is 21.5. The summed E-state index contributed by atoms with van der Waals surface area (Å²) < 4.78 is 61.5. The van der Waals surface area contributed by atoms with Crippen molar-refractivity contribution in [1.29, 1.82) is 0 Å². The summed E-state index contributed by atoms with van der Waals surface area (Å²) in [6, 6.07) is 18.9. The fraction of sp³-hybridized carbons (Fsp3) is 0.533. The molecule has 330 valence electrons. The zero-order valence-electron chi connectivity index (χ0n) is 34.7. The number of hydrogen-bond donors (Lipinski definition) is 4. The Bertz CT molecular complexity index is 2090. The van der Waals surface area contributed by atoms with E-state index in [0.717, 1.165) is 41.8 Å². The predicted molar refractivity (Wildman–Crippen MR) is 233 cm³/mol. The third-order valence-corrected chi connectivity index (χ3v) is 15.5. The van der Waals surface area contributed by atoms with Crippen molar-refractivity contribution < 1.29 is 41.4 Å². The Kier molecular flexibility index (Phi) is 15.7. The van der Waals surface area contributed by atoms with Gasteiger partial charge in [-0.3, -0.25) is 9.59 Å². The monoisotopic (exact) mass is 879 g/mol. The van der Waals surface area contributed by atoms with E-state index < -0.39 is 16.1 Å². The van der Waals surface area contributed by atoms with Crippen LogP contribution in [0.5, 0.6) is 0 Å². The van der Waals surface area contributed by atoms with E-state index in [-0.39, 0.29) is 65.5 Å². The van der Waals surface area contributed by atoms with Gasteiger partial charge in [-0.1, -0.05) is 48.4 Å². The predicted octanol–water partition coefficient (Wildman–Crippen LogP) is 5.98. The number of thioether (sulfide) groups is 1. The zero-order chi connectivity index (χ0) is 42.8. The highest BCUT2D eigenvalue weighted by Crippen LogP contribution is 2.50. The van der Waals surface area contributed by atoms with E-state index in [1.165, 1.54) is 6.07 Å². The van der Waals surface area contributed by atoms with Crippen molar-refractivity contribution in [2.45, 2.75) is 92.6 Å². The van der Waals surface area contributed by atoms with Crippen molar-refractivity contribution in [2.75, 3.05) is 63.8 Å². The molecule has 3 aromatic rings. The third kappa shape index (κ3) is 11.5. The Labute approximate surface area is 362 Å². The van der Waals surface area contributed by atoms with Crippen molar-refractivity contribution in [2.24, 2.45) is 5.92 Å². The second-order valence-corrected chi connectivity index (χ2v) is 19.4. The molecule has 4 N–H and O–H groups in total. The number of Topliss-reactive ketones (excluding diaryl/α,β-unsaturated/α-hetero) is 1. The summed E-state index contributed by atoms with van der Waals surface area (Å²) in [7, 11) is -3.84. The van der Waals surface area contributed by atoms with Gasteiger partial charge < -0.3 is 35.5 Å². The highest BCUT2D eigenvalue weighted by atomic mass is 32.2. The first-order chi connectivity index (χ1) is 29.6. The maximum Gasteiger partial charge on any atom is 0.315 e. The maximum absolute atomic E-state index is 14.9. The van der Waals surface area contributed by atoms with Crippen molar-refractivity contribution >= 4 is 45.2 Å². The number of hydrogen-bond acceptors (Lipinski definition) is 10. The number of carbonyl (C=O) groups is 3. The number of unbranched alkanes of at least 4 members (excludes halogenated alkanes) is 1. The van der Waals surface area contributed by atoms with Crippen molar-refractivity contribution in [1.82, 2.24) is 20.3 Å². The van der Waals surface area contributed by atoms with Gasteiger partial charge in [0, 0.05) is 66.6 Å². The summed E-state index contributed by atoms with van der Waals surface area (Å²) in [5, 5.41) is 12.9. The van der Waals surface area contributed by atoms with Crippen LogP contribution < -0.4 is 21.3 Å². The van der Waals surface area contributed by atoms with Crippen LogP contribution in [0.4, 0.5) is 14.9 Å². The molecular formula is C45H58FN5O8S2. The minimum Gasteiger partial charge on any atom is -0.382 e. The Hall–Kier alpha value is -4.06. The molecule has 0 saturated carbocycles. The highest BCUT2D eigenvalue weighted by Gasteiger charge is 2.49. The van der Waals surface area contributed by atoms with E-state index in [0.29, 0.717) is 88.2 Å². The van der Waals surface area contributed by atoms with Crippen molar-refractivity contribution in [3.63, 3.8) is 0 Å². The number of sulfonamides is 1. The molecule has 6 atom stereocenters. The standard InChI is InChI=1S/C45H58FN5O8S2/c1-30-10-14-33(15-11-30)61(55,56)51-21-18-35-38(48-39-16-12-31(28-36(39)44(35)51)34-6-2-3-7-37(34)46)17-13-32(52)19-22-57-24-26-59-27-25-58-23-20-47-42(53)9-5-4-8-41-43-40(29-60-41)49-45(54)50-43/h2-3,6-7,10-12,14-16,28,35,38,40-41,43-44,48H,4-5,8-9,13,17-27,29H2,1H3,(H,47,53)(H2,49,50,54)/t35-,38+,40+,41+,43+,44-/m1/s1. The largest absolute Gasteiger partial charge is 0.382 e. The molecule has 4 heterocycles. The smallest absolute Gasteiger partial charge is 0.315 e. The van der Waals surface area contributed by atoms with Crippen LogP contribution in [0.15, 0.2) is 71.6 Å². The van der Waals surface area contributed by atoms with Gasteiger partial charge in [-0.25, -0.2) is 17.6 Å². The molecule has 16 heteroatoms. The molecule has 3 amide bonds. The summed E-state index contributed by atoms with van der Waals surface area (Å²) in [5.74, 6) is 0.596. The fourth-order valence-corrected chi connectivity index (χ4v) is 12.1. The number of benzene rings is 3. The molecule has 61 heavy (non-hydrogen) atoms. The molecule has 13 nitrogen and oxygen atoms in total. The molecule has 7 rings (SSSR count). The lowest BCUT2D eigenvalue weighted by atomic mass is 9.80. The van der Waals surface area contributed by atoms with Crippen LogP contribution >= 0.6 is 11.8 Å². The molecule has 0 aliphatic carbocycles. The fourth-order valence-electron chi connectivity index (χ4n) is 8.90. The summed E-state index contributed by atoms with van der Waals surface area (Å²) in [4.78, 5) is 37.0. The van der Waals surface area contributed by atoms with Gasteiger partial charge in [0.15, 0.2) is 0 Å². The maximum atomic E-state index is 14.9. The lowest BCUT2D eigenvalue weighted by molar-refractivity contribution is -0.122. The van der Waals surface area contributed by atoms with Crippen LogP contribution in [0.25, 0.3) is 11.1 Å². The number of aryl methyl sites for hydroxylation is 1. The van der Waals surface area contributed by atoms with Crippen LogP contribution in [-0.2, 0) is 33.8 Å². The van der Waals surface area contributed by atoms with Gasteiger partial charge in [0.25, 0.3) is 0 Å². The summed E-state index contributed by atoms with van der Waals surface area (Å²) in [6.45, 7) is 4.87. The number of amides is 3. The van der Waals surface area contributed by atoms with Gasteiger partial charge >= 0.3 is 6.03 Å². The second-order valence-electron chi connectivity index (χ2n) is 16.2. The summed E-state index contributed by atoms with van der Waals surface area (Å²) >= 11 is 1.89. The molecule has 3 fully saturated rings. The SMILES string of the molecule is Cc1ccc(S(=O)(=O)N2CC[C@@H]3[C@H](CCC(=O)CCOCCOCCOCCNC(=O)CCCC[C@@H]4SC[C@@H]5NC(=O)N[C@@H]54)Nc4ccc(-c5ccccc5F)cc4[C@@H]32)cc1. The van der Waals surface area contributed by atoms with E-state index in [9.17, 15) is 27.2 Å². The number of fused-ring (bicyclic) bond motifs is 4. The molecular weight excluding hydrogens is 822 g/mol. The second kappa shape index (κ2) is 21.3. The van der Waals surface area contributed by atoms with Crippen LogP contribution in [0.2, 0.25) is 0 Å². The Morgan fingerprint density at radius 1 is 0.869 bits per heavy atom. The topological polar surface area (TPSA) is 164 Å². The number of anilines is 1. The number of nitrogens with one attached hydrogen (secondary N) is 4. The quantitative estimate of drug-likeness (QED) is 0.0659. The van der Waals surface area contributed by atoms with E-state index in [1.807, 2.05) is 36.9 Å². The van der Waals surface area contributed by atoms with Gasteiger partial charge in [0.1, 0.15) is 11.6 Å². The molecule has 4 aliphatic heterocycles. The highest BCUT2D eigenvalue weighted by molar-refractivity contribution is 8.00. The molecule has 0 radical (unpaired) electrons. The zero-order valence-corrected chi connectivity index (χ0v) is 36.4. The first-order valence-corrected chi connectivity index (χ1v) is 24.0. The normalized spacial score (nSPS) is 23.1. The molecule has 3 aromatic carbocycles. The minimum absolute atomic E-state index is 0.0122.